The molecule has 0 bridgehead atoms. The summed E-state index contributed by atoms with van der Waals surface area (Å²) >= 11 is 4.57. The number of halogens is 3. The summed E-state index contributed by atoms with van der Waals surface area (Å²) in [6.45, 7) is 0. The van der Waals surface area contributed by atoms with Crippen LogP contribution in [0.1, 0.15) is 5.76 Å². The normalized spacial score (nSPS) is 11.6. The number of rotatable bonds is 4. The fraction of sp³-hybridized carbons (Fsp3) is 0.0769. The number of nitrogens with one attached hydrogen (secondary N) is 1. The lowest BCUT2D eigenvalue weighted by Gasteiger charge is -2.09. The van der Waals surface area contributed by atoms with Gasteiger partial charge < -0.3 is 14.9 Å². The average molecular weight is 329 g/mol. The van der Waals surface area contributed by atoms with E-state index in [2.05, 4.69) is 27.5 Å². The SMILES string of the molecule is NC(=S)NN=Cc1ccc(-c2cccc(OC(F)(F)F)c2)o1. The molecule has 0 saturated carbocycles. The van der Waals surface area contributed by atoms with Gasteiger partial charge in [-0.15, -0.1) is 13.2 Å². The number of nitrogens with zero attached hydrogens (tertiary/aromatic N) is 1. The van der Waals surface area contributed by atoms with E-state index in [4.69, 9.17) is 10.2 Å². The summed E-state index contributed by atoms with van der Waals surface area (Å²) in [4.78, 5) is 0. The minimum absolute atomic E-state index is 0.0000280. The zero-order chi connectivity index (χ0) is 16.2. The lowest BCUT2D eigenvalue weighted by Crippen LogP contribution is -2.23. The molecule has 1 heterocycles. The number of thiocarbonyl (C=S) groups is 1. The summed E-state index contributed by atoms with van der Waals surface area (Å²) < 4.78 is 45.9. The standard InChI is InChI=1S/C13H10F3N3O2S/c14-13(15,16)21-9-3-1-2-8(6-9)11-5-4-10(20-11)7-18-19-12(17)22/h1-7H,(H3,17,19,22). The molecule has 0 aliphatic rings. The Morgan fingerprint density at radius 2 is 2.09 bits per heavy atom. The van der Waals surface area contributed by atoms with Crippen LogP contribution in [0.15, 0.2) is 45.9 Å². The monoisotopic (exact) mass is 329 g/mol. The first kappa shape index (κ1) is 15.8. The van der Waals surface area contributed by atoms with Crippen LogP contribution in [-0.2, 0) is 0 Å². The Bertz CT molecular complexity index is 698. The van der Waals surface area contributed by atoms with Gasteiger partial charge in [0.05, 0.1) is 6.21 Å². The molecule has 0 unspecified atom stereocenters. The van der Waals surface area contributed by atoms with Gasteiger partial charge in [-0.05, 0) is 36.5 Å². The molecule has 22 heavy (non-hydrogen) atoms. The third kappa shape index (κ3) is 4.77. The third-order valence-electron chi connectivity index (χ3n) is 2.35. The maximum atomic E-state index is 12.2. The molecule has 2 rings (SSSR count). The van der Waals surface area contributed by atoms with Crippen LogP contribution in [0.25, 0.3) is 11.3 Å². The van der Waals surface area contributed by atoms with Gasteiger partial charge in [-0.3, -0.25) is 5.43 Å². The van der Waals surface area contributed by atoms with Crippen LogP contribution in [0.2, 0.25) is 0 Å². The first-order chi connectivity index (χ1) is 10.3. The predicted molar refractivity (Wildman–Crippen MR) is 78.3 cm³/mol. The van der Waals surface area contributed by atoms with Crippen molar-refractivity contribution >= 4 is 23.5 Å². The van der Waals surface area contributed by atoms with E-state index in [9.17, 15) is 13.2 Å². The summed E-state index contributed by atoms with van der Waals surface area (Å²) in [5.41, 5.74) is 7.98. The molecule has 0 amide bonds. The summed E-state index contributed by atoms with van der Waals surface area (Å²) in [6, 6.07) is 8.64. The van der Waals surface area contributed by atoms with Gasteiger partial charge in [0.1, 0.15) is 17.3 Å². The van der Waals surface area contributed by atoms with Crippen molar-refractivity contribution in [2.45, 2.75) is 6.36 Å². The molecule has 5 nitrogen and oxygen atoms in total. The number of hydrogen-bond acceptors (Lipinski definition) is 4. The van der Waals surface area contributed by atoms with Crippen molar-refractivity contribution in [3.05, 3.63) is 42.2 Å². The third-order valence-corrected chi connectivity index (χ3v) is 2.44. The van der Waals surface area contributed by atoms with Crippen LogP contribution in [0.4, 0.5) is 13.2 Å². The number of nitrogens with two attached hydrogens (primary N) is 1. The Kier molecular flexibility index (Phi) is 4.66. The van der Waals surface area contributed by atoms with Gasteiger partial charge in [0.15, 0.2) is 5.11 Å². The number of hydrogen-bond donors (Lipinski definition) is 2. The lowest BCUT2D eigenvalue weighted by molar-refractivity contribution is -0.274. The van der Waals surface area contributed by atoms with Gasteiger partial charge in [-0.2, -0.15) is 5.10 Å². The number of alkyl halides is 3. The van der Waals surface area contributed by atoms with Crippen molar-refractivity contribution in [3.63, 3.8) is 0 Å². The molecule has 9 heteroatoms. The van der Waals surface area contributed by atoms with Crippen LogP contribution < -0.4 is 15.9 Å². The number of ether oxygens (including phenoxy) is 1. The van der Waals surface area contributed by atoms with E-state index in [1.165, 1.54) is 24.4 Å². The second-order valence-electron chi connectivity index (χ2n) is 4.01. The molecule has 0 radical (unpaired) electrons. The number of hydrazone groups is 1. The molecule has 0 saturated heterocycles. The second kappa shape index (κ2) is 6.48. The van der Waals surface area contributed by atoms with Gasteiger partial charge in [0.2, 0.25) is 0 Å². The summed E-state index contributed by atoms with van der Waals surface area (Å²) in [6.07, 6.45) is -3.41. The molecule has 1 aromatic carbocycles. The van der Waals surface area contributed by atoms with Crippen LogP contribution in [0.5, 0.6) is 5.75 Å². The van der Waals surface area contributed by atoms with E-state index in [0.717, 1.165) is 0 Å². The van der Waals surface area contributed by atoms with Crippen molar-refractivity contribution in [1.29, 1.82) is 0 Å². The van der Waals surface area contributed by atoms with Crippen molar-refractivity contribution in [1.82, 2.24) is 5.43 Å². The Balaban J connectivity index is 2.15. The van der Waals surface area contributed by atoms with E-state index in [0.29, 0.717) is 17.1 Å². The predicted octanol–water partition coefficient (Wildman–Crippen LogP) is 3.01. The highest BCUT2D eigenvalue weighted by molar-refractivity contribution is 7.80. The van der Waals surface area contributed by atoms with Crippen LogP contribution >= 0.6 is 12.2 Å². The zero-order valence-electron chi connectivity index (χ0n) is 10.9. The highest BCUT2D eigenvalue weighted by Crippen LogP contribution is 2.28. The number of furan rings is 1. The van der Waals surface area contributed by atoms with Crippen LogP contribution in [-0.4, -0.2) is 17.7 Å². The molecule has 3 N–H and O–H groups in total. The van der Waals surface area contributed by atoms with Gasteiger partial charge >= 0.3 is 6.36 Å². The Morgan fingerprint density at radius 1 is 1.32 bits per heavy atom. The minimum atomic E-state index is -4.74. The summed E-state index contributed by atoms with van der Waals surface area (Å²) in [5.74, 6) is 0.414. The van der Waals surface area contributed by atoms with E-state index in [1.54, 1.807) is 18.2 Å². The van der Waals surface area contributed by atoms with E-state index < -0.39 is 6.36 Å². The Morgan fingerprint density at radius 3 is 2.77 bits per heavy atom. The van der Waals surface area contributed by atoms with Gasteiger partial charge in [0, 0.05) is 5.56 Å². The van der Waals surface area contributed by atoms with Gasteiger partial charge in [0.25, 0.3) is 0 Å². The fourth-order valence-electron chi connectivity index (χ4n) is 1.58. The molecular weight excluding hydrogens is 319 g/mol. The fourth-order valence-corrected chi connectivity index (χ4v) is 1.64. The molecule has 0 aliphatic carbocycles. The summed E-state index contributed by atoms with van der Waals surface area (Å²) in [5, 5.41) is 3.71. The molecule has 0 atom stereocenters. The molecule has 1 aromatic heterocycles. The highest BCUT2D eigenvalue weighted by atomic mass is 32.1. The lowest BCUT2D eigenvalue weighted by atomic mass is 10.2. The van der Waals surface area contributed by atoms with Crippen LogP contribution in [0.3, 0.4) is 0 Å². The minimum Gasteiger partial charge on any atom is -0.455 e. The van der Waals surface area contributed by atoms with E-state index in [-0.39, 0.29) is 10.9 Å². The van der Waals surface area contributed by atoms with Gasteiger partial charge in [-0.1, -0.05) is 12.1 Å². The quantitative estimate of drug-likeness (QED) is 0.512. The van der Waals surface area contributed by atoms with E-state index in [1.807, 2.05) is 0 Å². The van der Waals surface area contributed by atoms with Crippen molar-refractivity contribution in [2.24, 2.45) is 10.8 Å². The number of benzene rings is 1. The smallest absolute Gasteiger partial charge is 0.455 e. The molecule has 0 spiro atoms. The first-order valence-electron chi connectivity index (χ1n) is 5.88. The average Bonchev–Trinajstić information content (AvgIpc) is 2.85. The Hall–Kier alpha value is -2.55. The van der Waals surface area contributed by atoms with Gasteiger partial charge in [-0.25, -0.2) is 0 Å². The molecular formula is C13H10F3N3O2S. The second-order valence-corrected chi connectivity index (χ2v) is 4.45. The summed E-state index contributed by atoms with van der Waals surface area (Å²) in [7, 11) is 0. The Labute approximate surface area is 128 Å². The molecule has 116 valence electrons. The maximum absolute atomic E-state index is 12.2. The first-order valence-corrected chi connectivity index (χ1v) is 6.29. The molecule has 0 aliphatic heterocycles. The molecule has 2 aromatic rings. The zero-order valence-corrected chi connectivity index (χ0v) is 11.7. The van der Waals surface area contributed by atoms with Crippen molar-refractivity contribution in [2.75, 3.05) is 0 Å². The van der Waals surface area contributed by atoms with Crippen LogP contribution in [0, 0.1) is 0 Å². The van der Waals surface area contributed by atoms with E-state index >= 15 is 0 Å². The highest BCUT2D eigenvalue weighted by Gasteiger charge is 2.31. The molecule has 0 fully saturated rings. The maximum Gasteiger partial charge on any atom is 0.573 e. The largest absolute Gasteiger partial charge is 0.573 e. The van der Waals surface area contributed by atoms with Crippen molar-refractivity contribution in [3.8, 4) is 17.1 Å². The van der Waals surface area contributed by atoms with Crippen molar-refractivity contribution < 1.29 is 22.3 Å². The topological polar surface area (TPSA) is 72.8 Å².